The molecule has 0 atom stereocenters. The van der Waals surface area contributed by atoms with E-state index in [1.54, 1.807) is 4.90 Å². The first kappa shape index (κ1) is 17.7. The van der Waals surface area contributed by atoms with Crippen LogP contribution in [0.15, 0.2) is 12.1 Å². The van der Waals surface area contributed by atoms with Gasteiger partial charge in [0.15, 0.2) is 5.11 Å². The van der Waals surface area contributed by atoms with Crippen molar-refractivity contribution < 1.29 is 4.79 Å². The molecule has 1 aromatic rings. The molecule has 0 saturated carbocycles. The van der Waals surface area contributed by atoms with Crippen LogP contribution in [-0.4, -0.2) is 35.6 Å². The molecular formula is C15H22ClN3OS. The van der Waals surface area contributed by atoms with Crippen LogP contribution in [0.4, 0.5) is 5.69 Å². The van der Waals surface area contributed by atoms with Gasteiger partial charge in [-0.05, 0) is 57.1 Å². The minimum absolute atomic E-state index is 0.0461. The number of halogens is 1. The predicted molar refractivity (Wildman–Crippen MR) is 93.1 cm³/mol. The maximum absolute atomic E-state index is 11.7. The summed E-state index contributed by atoms with van der Waals surface area (Å²) in [6.07, 6.45) is 0. The molecule has 116 valence electrons. The predicted octanol–water partition coefficient (Wildman–Crippen LogP) is 3.11. The topological polar surface area (TPSA) is 44.4 Å². The average molecular weight is 328 g/mol. The van der Waals surface area contributed by atoms with Gasteiger partial charge in [-0.2, -0.15) is 0 Å². The van der Waals surface area contributed by atoms with Crippen LogP contribution in [0.1, 0.15) is 25.0 Å². The molecule has 1 rings (SSSR count). The Kier molecular flexibility index (Phi) is 6.92. The van der Waals surface area contributed by atoms with Crippen LogP contribution in [0.2, 0.25) is 5.02 Å². The first-order chi connectivity index (χ1) is 9.88. The smallest absolute Gasteiger partial charge is 0.239 e. The van der Waals surface area contributed by atoms with E-state index < -0.39 is 0 Å². The number of rotatable bonds is 5. The van der Waals surface area contributed by atoms with Crippen molar-refractivity contribution in [1.29, 1.82) is 0 Å². The summed E-state index contributed by atoms with van der Waals surface area (Å²) in [5, 5.41) is 7.04. The van der Waals surface area contributed by atoms with E-state index in [-0.39, 0.29) is 12.5 Å². The maximum atomic E-state index is 11.7. The van der Waals surface area contributed by atoms with Crippen LogP contribution in [0.25, 0.3) is 0 Å². The molecule has 6 heteroatoms. The van der Waals surface area contributed by atoms with Crippen LogP contribution in [-0.2, 0) is 4.79 Å². The fourth-order valence-electron chi connectivity index (χ4n) is 2.01. The third-order valence-corrected chi connectivity index (χ3v) is 3.70. The second-order valence-electron chi connectivity index (χ2n) is 4.84. The number of nitrogens with one attached hydrogen (secondary N) is 2. The molecule has 0 unspecified atom stereocenters. The number of carbonyl (C=O) groups is 1. The lowest BCUT2D eigenvalue weighted by atomic mass is 10.1. The normalized spacial score (nSPS) is 10.1. The highest BCUT2D eigenvalue weighted by atomic mass is 35.5. The summed E-state index contributed by atoms with van der Waals surface area (Å²) in [5.41, 5.74) is 2.92. The number of nitrogens with zero attached hydrogens (tertiary/aromatic N) is 1. The van der Waals surface area contributed by atoms with E-state index in [4.69, 9.17) is 23.8 Å². The van der Waals surface area contributed by atoms with Gasteiger partial charge in [0.25, 0.3) is 0 Å². The number of hydrogen-bond donors (Lipinski definition) is 2. The Morgan fingerprint density at radius 1 is 1.33 bits per heavy atom. The summed E-state index contributed by atoms with van der Waals surface area (Å²) < 4.78 is 0. The molecule has 0 bridgehead atoms. The lowest BCUT2D eigenvalue weighted by Crippen LogP contribution is -2.42. The zero-order valence-corrected chi connectivity index (χ0v) is 14.5. The summed E-state index contributed by atoms with van der Waals surface area (Å²) in [5.74, 6) is -0.0461. The highest BCUT2D eigenvalue weighted by Gasteiger charge is 2.14. The first-order valence-electron chi connectivity index (χ1n) is 6.98. The van der Waals surface area contributed by atoms with Gasteiger partial charge in [-0.1, -0.05) is 17.7 Å². The molecule has 2 N–H and O–H groups in total. The molecular weight excluding hydrogens is 306 g/mol. The zero-order valence-electron chi connectivity index (χ0n) is 12.9. The zero-order chi connectivity index (χ0) is 16.0. The number of aryl methyl sites for hydroxylation is 2. The highest BCUT2D eigenvalue weighted by Crippen LogP contribution is 2.27. The number of anilines is 1. The highest BCUT2D eigenvalue weighted by molar-refractivity contribution is 7.80. The van der Waals surface area contributed by atoms with Gasteiger partial charge in [-0.3, -0.25) is 4.79 Å². The van der Waals surface area contributed by atoms with Crippen LogP contribution >= 0.6 is 23.8 Å². The van der Waals surface area contributed by atoms with Crippen molar-refractivity contribution in [2.24, 2.45) is 0 Å². The van der Waals surface area contributed by atoms with E-state index in [1.807, 2.05) is 39.8 Å². The lowest BCUT2D eigenvalue weighted by Gasteiger charge is -2.24. The van der Waals surface area contributed by atoms with Crippen molar-refractivity contribution >= 4 is 40.5 Å². The quantitative estimate of drug-likeness (QED) is 0.816. The van der Waals surface area contributed by atoms with Gasteiger partial charge < -0.3 is 15.5 Å². The van der Waals surface area contributed by atoms with Gasteiger partial charge in [0.2, 0.25) is 5.91 Å². The summed E-state index contributed by atoms with van der Waals surface area (Å²) in [4.78, 5) is 13.5. The second-order valence-corrected chi connectivity index (χ2v) is 5.63. The van der Waals surface area contributed by atoms with Gasteiger partial charge in [0, 0.05) is 13.1 Å². The van der Waals surface area contributed by atoms with Gasteiger partial charge in [-0.15, -0.1) is 0 Å². The fraction of sp³-hybridized carbons (Fsp3) is 0.467. The largest absolute Gasteiger partial charge is 0.355 e. The summed E-state index contributed by atoms with van der Waals surface area (Å²) in [7, 11) is 0. The number of thiocarbonyl (C=S) groups is 1. The second kappa shape index (κ2) is 8.20. The molecule has 0 radical (unpaired) electrons. The van der Waals surface area contributed by atoms with Crippen LogP contribution in [0.3, 0.4) is 0 Å². The van der Waals surface area contributed by atoms with Crippen LogP contribution in [0.5, 0.6) is 0 Å². The Bertz CT molecular complexity index is 511. The van der Waals surface area contributed by atoms with Crippen molar-refractivity contribution in [2.45, 2.75) is 27.7 Å². The van der Waals surface area contributed by atoms with E-state index in [0.29, 0.717) is 23.2 Å². The van der Waals surface area contributed by atoms with Crippen molar-refractivity contribution in [3.8, 4) is 0 Å². The Balaban J connectivity index is 2.81. The minimum Gasteiger partial charge on any atom is -0.355 e. The van der Waals surface area contributed by atoms with E-state index in [9.17, 15) is 4.79 Å². The number of likely N-dealkylation sites (N-methyl/N-ethyl adjacent to an activating group) is 2. The van der Waals surface area contributed by atoms with E-state index >= 15 is 0 Å². The molecule has 21 heavy (non-hydrogen) atoms. The molecule has 0 aromatic heterocycles. The minimum atomic E-state index is -0.0461. The first-order valence-corrected chi connectivity index (χ1v) is 7.77. The molecule has 0 aliphatic carbocycles. The van der Waals surface area contributed by atoms with E-state index in [2.05, 4.69) is 10.6 Å². The van der Waals surface area contributed by atoms with Crippen molar-refractivity contribution in [3.63, 3.8) is 0 Å². The molecule has 1 aromatic carbocycles. The van der Waals surface area contributed by atoms with Gasteiger partial charge in [0.05, 0.1) is 17.3 Å². The molecule has 4 nitrogen and oxygen atoms in total. The summed E-state index contributed by atoms with van der Waals surface area (Å²) in [6, 6.07) is 3.93. The number of amides is 1. The van der Waals surface area contributed by atoms with Crippen molar-refractivity contribution in [3.05, 3.63) is 28.3 Å². The van der Waals surface area contributed by atoms with E-state index in [1.165, 1.54) is 0 Å². The van der Waals surface area contributed by atoms with Crippen LogP contribution in [0, 0.1) is 13.8 Å². The van der Waals surface area contributed by atoms with Gasteiger partial charge in [-0.25, -0.2) is 0 Å². The standard InChI is InChI=1S/C15H22ClN3OS/c1-5-17-13(20)9-19(6-2)15(21)18-14-11(4)7-10(3)8-12(14)16/h7-8H,5-6,9H2,1-4H3,(H,17,20)(H,18,21). The SMILES string of the molecule is CCNC(=O)CN(CC)C(=S)Nc1c(C)cc(C)cc1Cl. The Hall–Kier alpha value is -1.33. The number of hydrogen-bond acceptors (Lipinski definition) is 2. The Morgan fingerprint density at radius 3 is 2.52 bits per heavy atom. The lowest BCUT2D eigenvalue weighted by molar-refractivity contribution is -0.121. The number of carbonyl (C=O) groups excluding carboxylic acids is 1. The summed E-state index contributed by atoms with van der Waals surface area (Å²) in [6.45, 7) is 9.30. The molecule has 0 heterocycles. The number of benzene rings is 1. The van der Waals surface area contributed by atoms with Crippen molar-refractivity contribution in [2.75, 3.05) is 25.0 Å². The third-order valence-electron chi connectivity index (χ3n) is 3.04. The molecule has 0 saturated heterocycles. The van der Waals surface area contributed by atoms with Gasteiger partial charge >= 0.3 is 0 Å². The third kappa shape index (κ3) is 5.17. The summed E-state index contributed by atoms with van der Waals surface area (Å²) >= 11 is 11.6. The van der Waals surface area contributed by atoms with Gasteiger partial charge in [0.1, 0.15) is 0 Å². The molecule has 1 amide bonds. The molecule has 0 aliphatic heterocycles. The van der Waals surface area contributed by atoms with Crippen molar-refractivity contribution in [1.82, 2.24) is 10.2 Å². The maximum Gasteiger partial charge on any atom is 0.239 e. The fourth-order valence-corrected chi connectivity index (χ4v) is 2.68. The van der Waals surface area contributed by atoms with E-state index in [0.717, 1.165) is 16.8 Å². The Morgan fingerprint density at radius 2 is 2.00 bits per heavy atom. The Labute approximate surface area is 136 Å². The average Bonchev–Trinajstić information content (AvgIpc) is 2.40. The monoisotopic (exact) mass is 327 g/mol. The molecule has 0 fully saturated rings. The molecule has 0 aliphatic rings. The molecule has 0 spiro atoms. The van der Waals surface area contributed by atoms with Crippen LogP contribution < -0.4 is 10.6 Å².